The first kappa shape index (κ1) is 20.1. The Bertz CT molecular complexity index is 911. The molecule has 26 heavy (non-hydrogen) atoms. The van der Waals surface area contributed by atoms with Crippen LogP contribution in [0.5, 0.6) is 0 Å². The minimum absolute atomic E-state index is 0.124. The zero-order chi connectivity index (χ0) is 19.2. The molecule has 0 saturated carbocycles. The van der Waals surface area contributed by atoms with Crippen molar-refractivity contribution < 1.29 is 22.3 Å². The molecule has 5 nitrogen and oxygen atoms in total. The fourth-order valence-electron chi connectivity index (χ4n) is 1.90. The van der Waals surface area contributed by atoms with Gasteiger partial charge >= 0.3 is 5.97 Å². The van der Waals surface area contributed by atoms with Crippen LogP contribution in [0.15, 0.2) is 47.9 Å². The number of esters is 1. The topological polar surface area (TPSA) is 72.5 Å². The van der Waals surface area contributed by atoms with Gasteiger partial charge < -0.3 is 4.74 Å². The predicted octanol–water partition coefficient (Wildman–Crippen LogP) is 3.42. The van der Waals surface area contributed by atoms with Crippen molar-refractivity contribution in [3.63, 3.8) is 0 Å². The van der Waals surface area contributed by atoms with Gasteiger partial charge in [0.2, 0.25) is 10.0 Å². The molecule has 0 spiro atoms. The normalized spacial score (nSPS) is 11.7. The molecule has 1 N–H and O–H groups in total. The number of rotatable bonds is 7. The Morgan fingerprint density at radius 1 is 1.23 bits per heavy atom. The molecule has 0 aliphatic rings. The third-order valence-corrected chi connectivity index (χ3v) is 4.73. The molecular formula is C18H17ClFNO4S. The summed E-state index contributed by atoms with van der Waals surface area (Å²) in [4.78, 5) is 11.7. The summed E-state index contributed by atoms with van der Waals surface area (Å²) in [5.41, 5.74) is 2.20. The van der Waals surface area contributed by atoms with E-state index in [0.29, 0.717) is 5.56 Å². The van der Waals surface area contributed by atoms with Gasteiger partial charge in [-0.25, -0.2) is 17.5 Å². The molecule has 0 heterocycles. The Kier molecular flexibility index (Phi) is 6.90. The van der Waals surface area contributed by atoms with Crippen LogP contribution >= 0.6 is 11.6 Å². The molecular weight excluding hydrogens is 381 g/mol. The fourth-order valence-corrected chi connectivity index (χ4v) is 2.87. The number of hydrogen-bond acceptors (Lipinski definition) is 4. The summed E-state index contributed by atoms with van der Waals surface area (Å²) < 4.78 is 43.7. The second-order valence-electron chi connectivity index (χ2n) is 5.48. The molecule has 0 radical (unpaired) electrons. The third kappa shape index (κ3) is 6.59. The summed E-state index contributed by atoms with van der Waals surface area (Å²) in [7, 11) is -3.79. The average Bonchev–Trinajstić information content (AvgIpc) is 2.59. The average molecular weight is 398 g/mol. The fraction of sp³-hybridized carbons (Fsp3) is 0.167. The van der Waals surface area contributed by atoms with E-state index < -0.39 is 28.4 Å². The lowest BCUT2D eigenvalue weighted by Crippen LogP contribution is -2.29. The maximum absolute atomic E-state index is 12.9. The van der Waals surface area contributed by atoms with E-state index in [0.717, 1.165) is 22.6 Å². The molecule has 0 amide bonds. The van der Waals surface area contributed by atoms with E-state index in [2.05, 4.69) is 4.72 Å². The van der Waals surface area contributed by atoms with Gasteiger partial charge in [-0.2, -0.15) is 0 Å². The van der Waals surface area contributed by atoms with Crippen molar-refractivity contribution >= 4 is 33.7 Å². The maximum atomic E-state index is 12.9. The van der Waals surface area contributed by atoms with Gasteiger partial charge in [0.15, 0.2) is 0 Å². The summed E-state index contributed by atoms with van der Waals surface area (Å²) in [6.07, 6.45) is 1.42. The number of aryl methyl sites for hydroxylation is 1. The zero-order valence-electron chi connectivity index (χ0n) is 13.9. The van der Waals surface area contributed by atoms with Crippen molar-refractivity contribution in [2.24, 2.45) is 0 Å². The van der Waals surface area contributed by atoms with Gasteiger partial charge in [-0.3, -0.25) is 4.79 Å². The number of hydrogen-bond donors (Lipinski definition) is 1. The van der Waals surface area contributed by atoms with Crippen molar-refractivity contribution in [2.45, 2.75) is 13.5 Å². The number of sulfonamides is 1. The Hall–Kier alpha value is -2.22. The maximum Gasteiger partial charge on any atom is 0.321 e. The van der Waals surface area contributed by atoms with Crippen molar-refractivity contribution in [1.29, 1.82) is 0 Å². The largest absolute Gasteiger partial charge is 0.460 e. The number of carbonyl (C=O) groups excluding carboxylic acids is 1. The van der Waals surface area contributed by atoms with Gasteiger partial charge in [-0.1, -0.05) is 47.5 Å². The Labute approximate surface area is 156 Å². The van der Waals surface area contributed by atoms with Crippen LogP contribution in [0.25, 0.3) is 6.08 Å². The molecule has 0 atom stereocenters. The lowest BCUT2D eigenvalue weighted by Gasteiger charge is -2.07. The second kappa shape index (κ2) is 8.93. The number of benzene rings is 2. The molecule has 8 heteroatoms. The van der Waals surface area contributed by atoms with Crippen molar-refractivity contribution in [3.05, 3.63) is 75.4 Å². The van der Waals surface area contributed by atoms with Crippen LogP contribution in [0, 0.1) is 12.7 Å². The first-order valence-corrected chi connectivity index (χ1v) is 9.51. The lowest BCUT2D eigenvalue weighted by atomic mass is 10.2. The highest BCUT2D eigenvalue weighted by molar-refractivity contribution is 7.92. The summed E-state index contributed by atoms with van der Waals surface area (Å²) in [5.74, 6) is -1.28. The summed E-state index contributed by atoms with van der Waals surface area (Å²) >= 11 is 5.82. The van der Waals surface area contributed by atoms with Gasteiger partial charge in [-0.05, 0) is 30.7 Å². The van der Waals surface area contributed by atoms with Gasteiger partial charge in [0, 0.05) is 11.0 Å². The zero-order valence-corrected chi connectivity index (χ0v) is 15.5. The van der Waals surface area contributed by atoms with E-state index in [1.165, 1.54) is 18.2 Å². The van der Waals surface area contributed by atoms with Crippen LogP contribution in [-0.4, -0.2) is 20.9 Å². The molecule has 0 fully saturated rings. The Morgan fingerprint density at radius 3 is 2.58 bits per heavy atom. The molecule has 2 aromatic carbocycles. The Balaban J connectivity index is 1.84. The summed E-state index contributed by atoms with van der Waals surface area (Å²) in [6.45, 7) is 1.22. The number of halogens is 2. The molecule has 0 aliphatic heterocycles. The van der Waals surface area contributed by atoms with Gasteiger partial charge in [0.05, 0.1) is 5.02 Å². The Morgan fingerprint density at radius 2 is 1.92 bits per heavy atom. The highest BCUT2D eigenvalue weighted by atomic mass is 35.5. The number of carbonyl (C=O) groups is 1. The van der Waals surface area contributed by atoms with E-state index >= 15 is 0 Å². The minimum atomic E-state index is -3.79. The summed E-state index contributed by atoms with van der Waals surface area (Å²) in [6, 6.07) is 11.0. The van der Waals surface area contributed by atoms with E-state index in [9.17, 15) is 17.6 Å². The van der Waals surface area contributed by atoms with Crippen LogP contribution in [0.2, 0.25) is 5.02 Å². The third-order valence-electron chi connectivity index (χ3n) is 3.34. The molecule has 138 valence electrons. The monoisotopic (exact) mass is 397 g/mol. The standard InChI is InChI=1S/C18H17ClFNO4S/c1-13-2-4-14(5-3-13)8-9-26(23,24)21-11-18(22)25-12-15-6-7-16(20)10-17(15)19/h2-10,21H,11-12H2,1H3/b9-8+. The number of nitrogens with one attached hydrogen (secondary N) is 1. The lowest BCUT2D eigenvalue weighted by molar-refractivity contribution is -0.143. The second-order valence-corrected chi connectivity index (χ2v) is 7.53. The van der Waals surface area contributed by atoms with E-state index in [1.807, 2.05) is 19.1 Å². The molecule has 2 aromatic rings. The highest BCUT2D eigenvalue weighted by Gasteiger charge is 2.11. The van der Waals surface area contributed by atoms with E-state index in [1.54, 1.807) is 12.1 Å². The van der Waals surface area contributed by atoms with Crippen LogP contribution in [0.1, 0.15) is 16.7 Å². The first-order chi connectivity index (χ1) is 12.2. The SMILES string of the molecule is Cc1ccc(/C=C/S(=O)(=O)NCC(=O)OCc2ccc(F)cc2Cl)cc1. The highest BCUT2D eigenvalue weighted by Crippen LogP contribution is 2.18. The van der Waals surface area contributed by atoms with E-state index in [-0.39, 0.29) is 11.6 Å². The van der Waals surface area contributed by atoms with Crippen molar-refractivity contribution in [2.75, 3.05) is 6.54 Å². The van der Waals surface area contributed by atoms with Crippen LogP contribution in [0.4, 0.5) is 4.39 Å². The molecule has 0 saturated heterocycles. The number of ether oxygens (including phenoxy) is 1. The molecule has 0 aromatic heterocycles. The molecule has 0 aliphatic carbocycles. The summed E-state index contributed by atoms with van der Waals surface area (Å²) in [5, 5.41) is 1.10. The molecule has 0 unspecified atom stereocenters. The van der Waals surface area contributed by atoms with Crippen LogP contribution < -0.4 is 4.72 Å². The van der Waals surface area contributed by atoms with Crippen LogP contribution in [-0.2, 0) is 26.2 Å². The first-order valence-electron chi connectivity index (χ1n) is 7.59. The van der Waals surface area contributed by atoms with Gasteiger partial charge in [-0.15, -0.1) is 0 Å². The van der Waals surface area contributed by atoms with E-state index in [4.69, 9.17) is 16.3 Å². The van der Waals surface area contributed by atoms with Gasteiger partial charge in [0.1, 0.15) is 19.0 Å². The predicted molar refractivity (Wildman–Crippen MR) is 98.3 cm³/mol. The van der Waals surface area contributed by atoms with Crippen molar-refractivity contribution in [3.8, 4) is 0 Å². The smallest absolute Gasteiger partial charge is 0.321 e. The molecule has 0 bridgehead atoms. The quantitative estimate of drug-likeness (QED) is 0.726. The minimum Gasteiger partial charge on any atom is -0.460 e. The molecule has 2 rings (SSSR count). The van der Waals surface area contributed by atoms with Crippen molar-refractivity contribution in [1.82, 2.24) is 4.72 Å². The van der Waals surface area contributed by atoms with Crippen LogP contribution in [0.3, 0.4) is 0 Å². The van der Waals surface area contributed by atoms with Gasteiger partial charge in [0.25, 0.3) is 0 Å².